The van der Waals surface area contributed by atoms with Gasteiger partial charge in [-0.1, -0.05) is 198 Å². The van der Waals surface area contributed by atoms with Crippen LogP contribution in [0.2, 0.25) is 0 Å². The van der Waals surface area contributed by atoms with Crippen LogP contribution in [0.15, 0.2) is 0 Å². The molecule has 44 heavy (non-hydrogen) atoms. The molecule has 262 valence electrons. The molecule has 0 aliphatic carbocycles. The van der Waals surface area contributed by atoms with E-state index in [4.69, 9.17) is 0 Å². The Morgan fingerprint density at radius 3 is 0.750 bits per heavy atom. The maximum Gasteiger partial charge on any atom is 0.353 e. The molecule has 0 unspecified atom stereocenters. The van der Waals surface area contributed by atoms with Gasteiger partial charge in [0.1, 0.15) is 5.54 Å². The lowest BCUT2D eigenvalue weighted by atomic mass is 10.00. The van der Waals surface area contributed by atoms with E-state index in [0.717, 1.165) is 38.5 Å². The smallest absolute Gasteiger partial charge is 0.227 e. The number of carbonyl (C=O) groups excluding carboxylic acids is 2. The number of imide groups is 1. The van der Waals surface area contributed by atoms with Crippen molar-refractivity contribution in [3.63, 3.8) is 0 Å². The minimum atomic E-state index is -1.04. The lowest BCUT2D eigenvalue weighted by molar-refractivity contribution is -1.01. The molecule has 0 heterocycles. The highest BCUT2D eigenvalue weighted by atomic mass is 16.6. The summed E-state index contributed by atoms with van der Waals surface area (Å²) in [6, 6.07) is 0. The minimum absolute atomic E-state index is 0.288. The van der Waals surface area contributed by atoms with Gasteiger partial charge >= 0.3 is 11.8 Å². The number of hydrogen-bond donors (Lipinski definition) is 1. The van der Waals surface area contributed by atoms with Crippen molar-refractivity contribution in [1.82, 2.24) is 0 Å². The van der Waals surface area contributed by atoms with Gasteiger partial charge in [-0.2, -0.15) is 0 Å². The van der Waals surface area contributed by atoms with Crippen molar-refractivity contribution >= 4 is 11.8 Å². The number of hydroxylamine groups is 3. The van der Waals surface area contributed by atoms with Crippen molar-refractivity contribution in [2.75, 3.05) is 0 Å². The second-order valence-corrected chi connectivity index (χ2v) is 15.0. The summed E-state index contributed by atoms with van der Waals surface area (Å²) in [6.45, 7) is 9.97. The molecule has 0 atom stereocenters. The molecule has 0 aromatic carbocycles. The van der Waals surface area contributed by atoms with Gasteiger partial charge in [-0.3, -0.25) is 0 Å². The quantitative estimate of drug-likeness (QED) is 0.0351. The van der Waals surface area contributed by atoms with Gasteiger partial charge < -0.3 is 0 Å². The van der Waals surface area contributed by atoms with Crippen LogP contribution in [0.25, 0.3) is 0 Å². The zero-order valence-electron chi connectivity index (χ0n) is 30.8. The average molecular weight is 623 g/mol. The summed E-state index contributed by atoms with van der Waals surface area (Å²) >= 11 is 0. The molecule has 0 aliphatic heterocycles. The number of unbranched alkanes of at least 4 members (excludes halogenated alkanes) is 28. The molecular weight excluding hydrogens is 542 g/mol. The third-order valence-electron chi connectivity index (χ3n) is 9.68. The Balaban J connectivity index is 3.93. The topological polar surface area (TPSA) is 54.4 Å². The van der Waals surface area contributed by atoms with E-state index in [1.165, 1.54) is 154 Å². The van der Waals surface area contributed by atoms with Gasteiger partial charge in [0.25, 0.3) is 0 Å². The van der Waals surface area contributed by atoms with E-state index in [1.54, 1.807) is 0 Å². The van der Waals surface area contributed by atoms with E-state index in [1.807, 2.05) is 20.8 Å². The van der Waals surface area contributed by atoms with Gasteiger partial charge in [0, 0.05) is 0 Å². The number of carbonyl (C=O) groups is 2. The lowest BCUT2D eigenvalue weighted by Crippen LogP contribution is -2.64. The Bertz CT molecular complexity index is 607. The Labute approximate surface area is 276 Å². The first kappa shape index (κ1) is 43.3. The number of rotatable bonds is 32. The zero-order valence-corrected chi connectivity index (χ0v) is 30.8. The average Bonchev–Trinajstić information content (AvgIpc) is 2.99. The van der Waals surface area contributed by atoms with Gasteiger partial charge in [0.2, 0.25) is 0 Å². The number of quaternary nitrogens is 1. The van der Waals surface area contributed by atoms with Crippen LogP contribution in [-0.2, 0) is 9.59 Å². The first-order valence-corrected chi connectivity index (χ1v) is 19.9. The van der Waals surface area contributed by atoms with Crippen LogP contribution in [0.3, 0.4) is 0 Å². The highest BCUT2D eigenvalue weighted by Crippen LogP contribution is 2.27. The first-order valence-electron chi connectivity index (χ1n) is 19.9. The van der Waals surface area contributed by atoms with Crippen LogP contribution in [0.1, 0.15) is 240 Å². The van der Waals surface area contributed by atoms with Gasteiger partial charge in [0.05, 0.1) is 12.8 Å². The maximum atomic E-state index is 13.1. The van der Waals surface area contributed by atoms with Crippen LogP contribution < -0.4 is 0 Å². The molecule has 0 aromatic rings. The van der Waals surface area contributed by atoms with E-state index in [0.29, 0.717) is 0 Å². The van der Waals surface area contributed by atoms with Crippen LogP contribution in [0.4, 0.5) is 0 Å². The summed E-state index contributed by atoms with van der Waals surface area (Å²) in [6.07, 6.45) is 39.0. The van der Waals surface area contributed by atoms with Crippen LogP contribution in [-0.4, -0.2) is 27.2 Å². The SMILES string of the molecule is CCCCCCCCCCCCCCCCCC(=O)[N+](O)(C(=O)CCCCCCCCCCCCCCCCC)C(C)(C)C. The van der Waals surface area contributed by atoms with E-state index in [2.05, 4.69) is 13.8 Å². The fourth-order valence-electron chi connectivity index (χ4n) is 6.51. The zero-order chi connectivity index (χ0) is 32.8. The molecule has 0 saturated heterocycles. The van der Waals surface area contributed by atoms with Crippen molar-refractivity contribution in [3.05, 3.63) is 0 Å². The molecule has 4 heteroatoms. The van der Waals surface area contributed by atoms with E-state index in [9.17, 15) is 14.8 Å². The lowest BCUT2D eigenvalue weighted by Gasteiger charge is -2.36. The molecule has 0 aromatic heterocycles. The molecule has 0 radical (unpaired) electrons. The van der Waals surface area contributed by atoms with Gasteiger partial charge in [-0.25, -0.2) is 14.8 Å². The standard InChI is InChI=1S/C40H80NO3/c1-6-8-10-12-14-16-18-20-22-24-26-28-30-32-34-36-38(42)41(44,40(3,4)5)39(43)37-35-33-31-29-27-25-23-21-19-17-15-13-11-9-7-2/h44H,6-37H2,1-5H3/q+1. The summed E-state index contributed by atoms with van der Waals surface area (Å²) in [5, 5.41) is 11.4. The second-order valence-electron chi connectivity index (χ2n) is 15.0. The predicted molar refractivity (Wildman–Crippen MR) is 191 cm³/mol. The Hall–Kier alpha value is -0.740. The summed E-state index contributed by atoms with van der Waals surface area (Å²) < 4.78 is -1.04. The third kappa shape index (κ3) is 22.7. The molecule has 0 saturated carbocycles. The fraction of sp³-hybridized carbons (Fsp3) is 0.950. The summed E-state index contributed by atoms with van der Waals surface area (Å²) in [7, 11) is 0. The van der Waals surface area contributed by atoms with Gasteiger partial charge in [0.15, 0.2) is 0 Å². The number of nitrogens with zero attached hydrogens (tertiary/aromatic N) is 1. The largest absolute Gasteiger partial charge is 0.353 e. The maximum absolute atomic E-state index is 13.1. The first-order chi connectivity index (χ1) is 21.2. The Kier molecular flexibility index (Phi) is 29.1. The molecule has 0 fully saturated rings. The molecule has 0 rings (SSSR count). The van der Waals surface area contributed by atoms with E-state index >= 15 is 0 Å². The molecule has 0 spiro atoms. The van der Waals surface area contributed by atoms with Crippen molar-refractivity contribution in [1.29, 1.82) is 0 Å². The van der Waals surface area contributed by atoms with Gasteiger partial charge in [-0.15, -0.1) is 0 Å². The number of amides is 2. The summed E-state index contributed by atoms with van der Waals surface area (Å²) in [5.74, 6) is -0.642. The second kappa shape index (κ2) is 29.6. The number of hydrogen-bond acceptors (Lipinski definition) is 3. The van der Waals surface area contributed by atoms with Crippen molar-refractivity contribution in [2.45, 2.75) is 246 Å². The third-order valence-corrected chi connectivity index (χ3v) is 9.68. The molecule has 1 N–H and O–H groups in total. The highest BCUT2D eigenvalue weighted by Gasteiger charge is 2.52. The van der Waals surface area contributed by atoms with Crippen LogP contribution in [0.5, 0.6) is 0 Å². The normalized spacial score (nSPS) is 12.2. The minimum Gasteiger partial charge on any atom is -0.227 e. The predicted octanol–water partition coefficient (Wildman–Crippen LogP) is 13.6. The molecule has 0 aliphatic rings. The van der Waals surface area contributed by atoms with Crippen molar-refractivity contribution in [2.24, 2.45) is 0 Å². The molecular formula is C40H80NO3+. The molecule has 2 amide bonds. The summed E-state index contributed by atoms with van der Waals surface area (Å²) in [4.78, 5) is 26.3. The van der Waals surface area contributed by atoms with Crippen LogP contribution in [0, 0.1) is 0 Å². The highest BCUT2D eigenvalue weighted by molar-refractivity contribution is 5.84. The monoisotopic (exact) mass is 623 g/mol. The molecule has 4 nitrogen and oxygen atoms in total. The van der Waals surface area contributed by atoms with Crippen molar-refractivity contribution < 1.29 is 19.4 Å². The van der Waals surface area contributed by atoms with Gasteiger partial charge in [-0.05, 0) is 33.6 Å². The Morgan fingerprint density at radius 2 is 0.568 bits per heavy atom. The van der Waals surface area contributed by atoms with E-state index < -0.39 is 10.2 Å². The Morgan fingerprint density at radius 1 is 0.386 bits per heavy atom. The van der Waals surface area contributed by atoms with Crippen molar-refractivity contribution in [3.8, 4) is 0 Å². The summed E-state index contributed by atoms with van der Waals surface area (Å²) in [5.41, 5.74) is -0.834. The fourth-order valence-corrected chi connectivity index (χ4v) is 6.51. The molecule has 0 bridgehead atoms. The van der Waals surface area contributed by atoms with E-state index in [-0.39, 0.29) is 24.7 Å². The van der Waals surface area contributed by atoms with Crippen LogP contribution >= 0.6 is 0 Å².